The summed E-state index contributed by atoms with van der Waals surface area (Å²) in [5.41, 5.74) is 0. The number of amidine groups is 1. The summed E-state index contributed by atoms with van der Waals surface area (Å²) in [6.07, 6.45) is 3.54. The van der Waals surface area contributed by atoms with Crippen LogP contribution in [0.1, 0.15) is 0 Å². The monoisotopic (exact) mass is 125 g/mol. The Morgan fingerprint density at radius 1 is 1.67 bits per heavy atom. The molecule has 1 heterocycles. The molecule has 9 heavy (non-hydrogen) atoms. The van der Waals surface area contributed by atoms with Crippen LogP contribution in [0, 0.1) is 6.54 Å². The molecular formula is C6H9N2O. The van der Waals surface area contributed by atoms with Crippen LogP contribution in [-0.4, -0.2) is 25.1 Å². The van der Waals surface area contributed by atoms with Crippen LogP contribution in [0.5, 0.6) is 0 Å². The smallest absolute Gasteiger partial charge is 0.292 e. The Bertz CT molecular complexity index is 151. The average molecular weight is 125 g/mol. The molecular weight excluding hydrogens is 116 g/mol. The maximum Gasteiger partial charge on any atom is 0.292 e. The van der Waals surface area contributed by atoms with Crippen molar-refractivity contribution in [2.75, 3.05) is 14.2 Å². The highest BCUT2D eigenvalue weighted by Gasteiger charge is 2.05. The van der Waals surface area contributed by atoms with Crippen molar-refractivity contribution < 1.29 is 4.74 Å². The lowest BCUT2D eigenvalue weighted by Crippen LogP contribution is -2.26. The van der Waals surface area contributed by atoms with Gasteiger partial charge in [0.05, 0.1) is 13.7 Å². The van der Waals surface area contributed by atoms with Crippen LogP contribution in [0.4, 0.5) is 0 Å². The van der Waals surface area contributed by atoms with E-state index in [0.29, 0.717) is 6.02 Å². The van der Waals surface area contributed by atoms with E-state index in [2.05, 4.69) is 4.99 Å². The Morgan fingerprint density at radius 2 is 2.44 bits per heavy atom. The summed E-state index contributed by atoms with van der Waals surface area (Å²) in [6.45, 7) is 1.88. The third-order valence-electron chi connectivity index (χ3n) is 1.07. The summed E-state index contributed by atoms with van der Waals surface area (Å²) in [7, 11) is 3.48. The van der Waals surface area contributed by atoms with Gasteiger partial charge >= 0.3 is 0 Å². The number of aliphatic imine (C=N–C) groups is 1. The van der Waals surface area contributed by atoms with E-state index in [-0.39, 0.29) is 0 Å². The maximum atomic E-state index is 4.90. The van der Waals surface area contributed by atoms with E-state index in [4.69, 9.17) is 4.74 Å². The lowest BCUT2D eigenvalue weighted by Gasteiger charge is -2.18. The zero-order valence-electron chi connectivity index (χ0n) is 5.53. The van der Waals surface area contributed by atoms with Gasteiger partial charge in [-0.25, -0.2) is 4.99 Å². The minimum absolute atomic E-state index is 0.623. The first-order chi connectivity index (χ1) is 4.34. The lowest BCUT2D eigenvalue weighted by molar-refractivity contribution is 0.333. The van der Waals surface area contributed by atoms with E-state index < -0.39 is 0 Å². The van der Waals surface area contributed by atoms with E-state index in [1.54, 1.807) is 18.2 Å². The molecule has 1 rings (SSSR count). The Kier molecular flexibility index (Phi) is 1.72. The molecule has 49 valence electrons. The van der Waals surface area contributed by atoms with Gasteiger partial charge in [0.2, 0.25) is 0 Å². The molecule has 0 saturated carbocycles. The van der Waals surface area contributed by atoms with Crippen molar-refractivity contribution in [1.82, 2.24) is 4.90 Å². The fourth-order valence-corrected chi connectivity index (χ4v) is 0.626. The highest BCUT2D eigenvalue weighted by atomic mass is 16.5. The summed E-state index contributed by atoms with van der Waals surface area (Å²) < 4.78 is 4.90. The lowest BCUT2D eigenvalue weighted by atomic mass is 10.5. The second-order valence-corrected chi connectivity index (χ2v) is 1.72. The van der Waals surface area contributed by atoms with E-state index in [1.807, 2.05) is 19.7 Å². The Labute approximate surface area is 54.6 Å². The first-order valence-corrected chi connectivity index (χ1v) is 2.69. The van der Waals surface area contributed by atoms with Crippen LogP contribution in [-0.2, 0) is 4.74 Å². The van der Waals surface area contributed by atoms with E-state index >= 15 is 0 Å². The standard InChI is InChI=1S/C6H9N2O/c1-8-5-3-4-7-6(8)9-2/h3-5H,1-2H3. The summed E-state index contributed by atoms with van der Waals surface area (Å²) in [5, 5.41) is 0. The number of ether oxygens (including phenoxy) is 1. The molecule has 0 aliphatic carbocycles. The summed E-state index contributed by atoms with van der Waals surface area (Å²) in [5.74, 6) is 0. The van der Waals surface area contributed by atoms with Gasteiger partial charge in [-0.2, -0.15) is 0 Å². The molecule has 0 atom stereocenters. The zero-order valence-corrected chi connectivity index (χ0v) is 5.53. The van der Waals surface area contributed by atoms with Crippen molar-refractivity contribution in [3.63, 3.8) is 0 Å². The molecule has 0 aromatic heterocycles. The molecule has 3 nitrogen and oxygen atoms in total. The van der Waals surface area contributed by atoms with E-state index in [9.17, 15) is 0 Å². The number of rotatable bonds is 0. The molecule has 0 N–H and O–H groups in total. The average Bonchev–Trinajstić information content (AvgIpc) is 1.89. The van der Waals surface area contributed by atoms with Crippen LogP contribution < -0.4 is 0 Å². The summed E-state index contributed by atoms with van der Waals surface area (Å²) >= 11 is 0. The molecule has 1 radical (unpaired) electrons. The highest BCUT2D eigenvalue weighted by molar-refractivity contribution is 5.75. The molecule has 1 aliphatic rings. The van der Waals surface area contributed by atoms with Gasteiger partial charge in [0.1, 0.15) is 0 Å². The molecule has 0 fully saturated rings. The molecule has 0 aromatic carbocycles. The molecule has 3 heteroatoms. The number of likely N-dealkylation sites (N-methyl/N-ethyl adjacent to an activating group) is 1. The molecule has 1 aliphatic heterocycles. The van der Waals surface area contributed by atoms with Gasteiger partial charge in [-0.15, -0.1) is 0 Å². The van der Waals surface area contributed by atoms with Gasteiger partial charge in [-0.3, -0.25) is 0 Å². The third-order valence-corrected chi connectivity index (χ3v) is 1.07. The highest BCUT2D eigenvalue weighted by Crippen LogP contribution is 2.00. The van der Waals surface area contributed by atoms with E-state index in [0.717, 1.165) is 0 Å². The zero-order chi connectivity index (χ0) is 6.69. The van der Waals surface area contributed by atoms with Crippen molar-refractivity contribution in [3.05, 3.63) is 18.8 Å². The maximum absolute atomic E-state index is 4.90. The van der Waals surface area contributed by atoms with Crippen LogP contribution in [0.3, 0.4) is 0 Å². The van der Waals surface area contributed by atoms with Crippen LogP contribution in [0.15, 0.2) is 17.3 Å². The van der Waals surface area contributed by atoms with Crippen molar-refractivity contribution in [2.24, 2.45) is 4.99 Å². The predicted molar refractivity (Wildman–Crippen MR) is 35.6 cm³/mol. The second kappa shape index (κ2) is 2.53. The SMILES string of the molecule is COC1=NC=C[CH]N1C. The fourth-order valence-electron chi connectivity index (χ4n) is 0.626. The molecule has 0 amide bonds. The molecule has 0 spiro atoms. The first-order valence-electron chi connectivity index (χ1n) is 2.69. The molecule has 0 aromatic rings. The number of hydrogen-bond acceptors (Lipinski definition) is 3. The van der Waals surface area contributed by atoms with Crippen molar-refractivity contribution in [1.29, 1.82) is 0 Å². The predicted octanol–water partition coefficient (Wildman–Crippen LogP) is 0.610. The third kappa shape index (κ3) is 1.22. The van der Waals surface area contributed by atoms with Crippen LogP contribution in [0.2, 0.25) is 0 Å². The van der Waals surface area contributed by atoms with Gasteiger partial charge in [0, 0.05) is 13.2 Å². The molecule has 0 bridgehead atoms. The largest absolute Gasteiger partial charge is 0.468 e. The number of methoxy groups -OCH3 is 1. The Hall–Kier alpha value is -0.990. The van der Waals surface area contributed by atoms with Crippen molar-refractivity contribution in [2.45, 2.75) is 0 Å². The van der Waals surface area contributed by atoms with Gasteiger partial charge in [-0.1, -0.05) is 0 Å². The Morgan fingerprint density at radius 3 is 2.89 bits per heavy atom. The summed E-state index contributed by atoms with van der Waals surface area (Å²) in [4.78, 5) is 5.74. The molecule has 0 unspecified atom stereocenters. The van der Waals surface area contributed by atoms with Crippen molar-refractivity contribution in [3.8, 4) is 0 Å². The molecule has 0 saturated heterocycles. The minimum Gasteiger partial charge on any atom is -0.468 e. The number of nitrogens with zero attached hydrogens (tertiary/aromatic N) is 2. The topological polar surface area (TPSA) is 24.8 Å². The quantitative estimate of drug-likeness (QED) is 0.474. The van der Waals surface area contributed by atoms with Crippen LogP contribution in [0.25, 0.3) is 0 Å². The van der Waals surface area contributed by atoms with Gasteiger partial charge < -0.3 is 9.64 Å². The minimum atomic E-state index is 0.623. The summed E-state index contributed by atoms with van der Waals surface area (Å²) in [6, 6.07) is 0.623. The van der Waals surface area contributed by atoms with E-state index in [1.165, 1.54) is 0 Å². The first kappa shape index (κ1) is 6.13. The van der Waals surface area contributed by atoms with Gasteiger partial charge in [0.25, 0.3) is 6.02 Å². The van der Waals surface area contributed by atoms with Gasteiger partial charge in [0.15, 0.2) is 0 Å². The second-order valence-electron chi connectivity index (χ2n) is 1.72. The normalized spacial score (nSPS) is 17.6. The Balaban J connectivity index is 2.63. The number of hydrogen-bond donors (Lipinski definition) is 0. The van der Waals surface area contributed by atoms with Crippen molar-refractivity contribution >= 4 is 6.02 Å². The van der Waals surface area contributed by atoms with Gasteiger partial charge in [-0.05, 0) is 6.08 Å². The fraction of sp³-hybridized carbons (Fsp3) is 0.333. The van der Waals surface area contributed by atoms with Crippen LogP contribution >= 0.6 is 0 Å².